The van der Waals surface area contributed by atoms with E-state index in [2.05, 4.69) is 0 Å². The molecule has 2 aromatic carbocycles. The summed E-state index contributed by atoms with van der Waals surface area (Å²) < 4.78 is 84.0. The van der Waals surface area contributed by atoms with Gasteiger partial charge in [0.15, 0.2) is 5.78 Å². The molecule has 0 saturated carbocycles. The van der Waals surface area contributed by atoms with Crippen molar-refractivity contribution in [1.29, 1.82) is 0 Å². The second kappa shape index (κ2) is 7.29. The lowest BCUT2D eigenvalue weighted by Gasteiger charge is -2.44. The molecule has 6 nitrogen and oxygen atoms in total. The number of β-lactam (4-membered cyclic amide) rings is 1. The van der Waals surface area contributed by atoms with Crippen LogP contribution in [0.1, 0.15) is 17.5 Å². The first-order valence-corrected chi connectivity index (χ1v) is 11.0. The number of ketones is 1. The van der Waals surface area contributed by atoms with Gasteiger partial charge in [0.2, 0.25) is 20.6 Å². The van der Waals surface area contributed by atoms with Crippen LogP contribution in [0.4, 0.5) is 17.6 Å². The Morgan fingerprint density at radius 3 is 2.34 bits per heavy atom. The minimum atomic E-state index is -4.66. The van der Waals surface area contributed by atoms with E-state index in [-0.39, 0.29) is 13.0 Å². The maximum Gasteiger partial charge on any atom is 0.416 e. The second-order valence-corrected chi connectivity index (χ2v) is 9.87. The molecule has 2 aliphatic heterocycles. The lowest BCUT2D eigenvalue weighted by molar-refractivity contribution is -0.150. The van der Waals surface area contributed by atoms with Crippen LogP contribution in [-0.2, 0) is 32.0 Å². The van der Waals surface area contributed by atoms with Gasteiger partial charge in [-0.2, -0.15) is 13.2 Å². The van der Waals surface area contributed by atoms with Crippen LogP contribution in [-0.4, -0.2) is 43.5 Å². The highest BCUT2D eigenvalue weighted by molar-refractivity contribution is 7.93. The number of amides is 1. The molecule has 0 spiro atoms. The van der Waals surface area contributed by atoms with Crippen molar-refractivity contribution in [3.05, 3.63) is 59.4 Å². The highest BCUT2D eigenvalue weighted by Crippen LogP contribution is 2.49. The van der Waals surface area contributed by atoms with E-state index in [4.69, 9.17) is 4.74 Å². The average molecular weight is 471 g/mol. The number of Topliss-reactive ketones (excluding diaryl/α,β-unsaturated/α-hetero) is 1. The number of fused-ring (bicyclic) bond motifs is 1. The Morgan fingerprint density at radius 2 is 1.78 bits per heavy atom. The van der Waals surface area contributed by atoms with Gasteiger partial charge in [0.25, 0.3) is 0 Å². The van der Waals surface area contributed by atoms with Gasteiger partial charge >= 0.3 is 6.18 Å². The summed E-state index contributed by atoms with van der Waals surface area (Å²) in [6.07, 6.45) is -5.31. The predicted molar refractivity (Wildman–Crippen MR) is 103 cm³/mol. The highest BCUT2D eigenvalue weighted by Gasteiger charge is 2.70. The van der Waals surface area contributed by atoms with Gasteiger partial charge in [-0.05, 0) is 54.4 Å². The molecule has 2 unspecified atom stereocenters. The van der Waals surface area contributed by atoms with E-state index in [1.807, 2.05) is 0 Å². The Hall–Kier alpha value is -2.95. The number of hydrogen-bond donors (Lipinski definition) is 0. The number of hydrogen-bond acceptors (Lipinski definition) is 5. The molecule has 0 aliphatic carbocycles. The number of methoxy groups -OCH3 is 1. The number of sulfone groups is 1. The first-order valence-electron chi connectivity index (χ1n) is 9.51. The zero-order valence-corrected chi connectivity index (χ0v) is 17.5. The number of halogens is 4. The van der Waals surface area contributed by atoms with Gasteiger partial charge in [-0.15, -0.1) is 0 Å². The summed E-state index contributed by atoms with van der Waals surface area (Å²) in [5, 5.41) is 0. The van der Waals surface area contributed by atoms with Crippen molar-refractivity contribution in [2.24, 2.45) is 5.92 Å². The number of ether oxygens (including phenoxy) is 1. The topological polar surface area (TPSA) is 80.8 Å². The molecule has 1 amide bonds. The third-order valence-electron chi connectivity index (χ3n) is 5.93. The molecule has 0 bridgehead atoms. The minimum absolute atomic E-state index is 0.0617. The summed E-state index contributed by atoms with van der Waals surface area (Å²) >= 11 is 0. The molecule has 2 saturated heterocycles. The van der Waals surface area contributed by atoms with E-state index in [1.165, 1.54) is 25.3 Å². The maximum atomic E-state index is 13.7. The third kappa shape index (κ3) is 3.17. The lowest BCUT2D eigenvalue weighted by atomic mass is 9.92. The average Bonchev–Trinajstić information content (AvgIpc) is 2.95. The van der Waals surface area contributed by atoms with Gasteiger partial charge in [-0.3, -0.25) is 9.59 Å². The zero-order valence-electron chi connectivity index (χ0n) is 16.6. The monoisotopic (exact) mass is 471 g/mol. The van der Waals surface area contributed by atoms with E-state index >= 15 is 0 Å². The van der Waals surface area contributed by atoms with Crippen molar-refractivity contribution in [2.45, 2.75) is 28.8 Å². The SMILES string of the molecule is COc1ccc(F)cc1CC1CN2C(=O)CC2(S(=O)(=O)c2ccc(C(F)(F)F)cc2)C1=O. The molecule has 0 radical (unpaired) electrons. The Bertz CT molecular complexity index is 1210. The zero-order chi connectivity index (χ0) is 23.5. The summed E-state index contributed by atoms with van der Waals surface area (Å²) in [6, 6.07) is 6.51. The third-order valence-corrected chi connectivity index (χ3v) is 8.28. The number of nitrogens with zero attached hydrogens (tertiary/aromatic N) is 1. The maximum absolute atomic E-state index is 13.7. The molecule has 0 aromatic heterocycles. The van der Waals surface area contributed by atoms with Crippen LogP contribution in [0.3, 0.4) is 0 Å². The second-order valence-electron chi connectivity index (χ2n) is 7.71. The molecule has 4 rings (SSSR count). The van der Waals surface area contributed by atoms with Gasteiger partial charge < -0.3 is 9.64 Å². The summed E-state index contributed by atoms with van der Waals surface area (Å²) in [7, 11) is -3.15. The van der Waals surface area contributed by atoms with Crippen molar-refractivity contribution in [3.8, 4) is 5.75 Å². The highest BCUT2D eigenvalue weighted by atomic mass is 32.2. The van der Waals surface area contributed by atoms with Crippen LogP contribution >= 0.6 is 0 Å². The molecule has 2 aromatic rings. The number of rotatable bonds is 5. The van der Waals surface area contributed by atoms with Gasteiger partial charge in [-0.1, -0.05) is 0 Å². The number of carbonyl (C=O) groups is 2. The molecule has 170 valence electrons. The van der Waals surface area contributed by atoms with E-state index in [1.54, 1.807) is 0 Å². The Morgan fingerprint density at radius 1 is 1.12 bits per heavy atom. The molecule has 0 N–H and O–H groups in total. The quantitative estimate of drug-likeness (QED) is 0.495. The van der Waals surface area contributed by atoms with Crippen LogP contribution < -0.4 is 4.74 Å². The number of benzene rings is 2. The normalized spacial score (nSPS) is 23.2. The van der Waals surface area contributed by atoms with Crippen LogP contribution in [0.25, 0.3) is 0 Å². The Kier molecular flexibility index (Phi) is 5.07. The number of carbonyl (C=O) groups excluding carboxylic acids is 2. The van der Waals surface area contributed by atoms with Gasteiger partial charge in [0.05, 0.1) is 24.0 Å². The summed E-state index contributed by atoms with van der Waals surface area (Å²) in [5.41, 5.74) is -0.702. The molecule has 2 heterocycles. The van der Waals surface area contributed by atoms with Crippen LogP contribution in [0.5, 0.6) is 5.75 Å². The van der Waals surface area contributed by atoms with E-state index < -0.39 is 61.2 Å². The van der Waals surface area contributed by atoms with E-state index in [0.717, 1.165) is 17.0 Å². The molecule has 2 aliphatic rings. The van der Waals surface area contributed by atoms with Gasteiger partial charge in [0, 0.05) is 12.5 Å². The predicted octanol–water partition coefficient (Wildman–Crippen LogP) is 3.00. The van der Waals surface area contributed by atoms with Crippen molar-refractivity contribution in [3.63, 3.8) is 0 Å². The van der Waals surface area contributed by atoms with Crippen LogP contribution in [0.2, 0.25) is 0 Å². The Balaban J connectivity index is 1.69. The summed E-state index contributed by atoms with van der Waals surface area (Å²) in [4.78, 5) is 23.7. The van der Waals surface area contributed by atoms with Crippen LogP contribution in [0.15, 0.2) is 47.4 Å². The fourth-order valence-electron chi connectivity index (χ4n) is 4.32. The Labute approximate surface area is 180 Å². The summed E-state index contributed by atoms with van der Waals surface area (Å²) in [6.45, 7) is -0.197. The molecule has 32 heavy (non-hydrogen) atoms. The minimum Gasteiger partial charge on any atom is -0.496 e. The smallest absolute Gasteiger partial charge is 0.416 e. The standard InChI is InChI=1S/C21H17F4NO5S/c1-31-17-7-4-15(22)9-12(17)8-13-11-26-18(27)10-20(26,19(13)28)32(29,30)16-5-2-14(3-6-16)21(23,24)25/h2-7,9,13H,8,10-11H2,1H3. The molecular weight excluding hydrogens is 454 g/mol. The molecular formula is C21H17F4NO5S. The van der Waals surface area contributed by atoms with Crippen molar-refractivity contribution >= 4 is 21.5 Å². The summed E-state index contributed by atoms with van der Waals surface area (Å²) in [5.74, 6) is -2.51. The van der Waals surface area contributed by atoms with E-state index in [9.17, 15) is 35.6 Å². The largest absolute Gasteiger partial charge is 0.496 e. The van der Waals surface area contributed by atoms with Crippen molar-refractivity contribution in [1.82, 2.24) is 4.90 Å². The molecule has 2 fully saturated rings. The fourth-order valence-corrected chi connectivity index (χ4v) is 6.41. The fraction of sp³-hybridized carbons (Fsp3) is 0.333. The molecule has 11 heteroatoms. The van der Waals surface area contributed by atoms with Crippen molar-refractivity contribution < 1.29 is 40.3 Å². The first-order chi connectivity index (χ1) is 14.9. The van der Waals surface area contributed by atoms with Crippen molar-refractivity contribution in [2.75, 3.05) is 13.7 Å². The number of alkyl halides is 3. The first kappa shape index (κ1) is 22.3. The lowest BCUT2D eigenvalue weighted by Crippen LogP contribution is -2.67. The van der Waals surface area contributed by atoms with Gasteiger partial charge in [-0.25, -0.2) is 12.8 Å². The van der Waals surface area contributed by atoms with E-state index in [0.29, 0.717) is 23.4 Å². The molecule has 2 atom stereocenters. The van der Waals surface area contributed by atoms with Crippen LogP contribution in [0, 0.1) is 11.7 Å². The van der Waals surface area contributed by atoms with Gasteiger partial charge in [0.1, 0.15) is 11.6 Å².